The molecule has 1 aliphatic rings. The van der Waals surface area contributed by atoms with Crippen molar-refractivity contribution in [2.75, 3.05) is 26.9 Å². The second-order valence-electron chi connectivity index (χ2n) is 3.72. The summed E-state index contributed by atoms with van der Waals surface area (Å²) >= 11 is 0. The molecule has 82 valence electrons. The van der Waals surface area contributed by atoms with Crippen molar-refractivity contribution in [2.24, 2.45) is 17.4 Å². The van der Waals surface area contributed by atoms with Crippen molar-refractivity contribution >= 4 is 5.91 Å². The Morgan fingerprint density at radius 1 is 1.50 bits per heavy atom. The number of carbonyl (C=O) groups is 1. The smallest absolute Gasteiger partial charge is 0.240 e. The Kier molecular flexibility index (Phi) is 3.86. The lowest BCUT2D eigenvalue weighted by molar-refractivity contribution is -0.126. The molecule has 0 heterocycles. The van der Waals surface area contributed by atoms with Crippen LogP contribution in [0.3, 0.4) is 0 Å². The molecule has 0 spiro atoms. The summed E-state index contributed by atoms with van der Waals surface area (Å²) in [6.07, 6.45) is 1.93. The van der Waals surface area contributed by atoms with Crippen LogP contribution in [0.5, 0.6) is 0 Å². The van der Waals surface area contributed by atoms with E-state index >= 15 is 0 Å². The highest BCUT2D eigenvalue weighted by molar-refractivity contribution is 5.85. The minimum absolute atomic E-state index is 0.191. The van der Waals surface area contributed by atoms with E-state index in [-0.39, 0.29) is 12.5 Å². The first-order valence-electron chi connectivity index (χ1n) is 4.76. The first-order valence-corrected chi connectivity index (χ1v) is 4.76. The minimum Gasteiger partial charge on any atom is -0.382 e. The van der Waals surface area contributed by atoms with Gasteiger partial charge in [0.1, 0.15) is 5.54 Å². The van der Waals surface area contributed by atoms with Crippen molar-refractivity contribution in [1.82, 2.24) is 0 Å². The van der Waals surface area contributed by atoms with E-state index in [1.165, 1.54) is 0 Å². The number of amides is 1. The maximum absolute atomic E-state index is 11.2. The molecular formula is C9H18N2O3. The molecule has 1 saturated carbocycles. The fourth-order valence-electron chi connectivity index (χ4n) is 1.37. The Morgan fingerprint density at radius 3 is 2.57 bits per heavy atom. The van der Waals surface area contributed by atoms with Crippen LogP contribution < -0.4 is 11.5 Å². The Bertz CT molecular complexity index is 206. The predicted octanol–water partition coefficient (Wildman–Crippen LogP) is -0.758. The first-order chi connectivity index (χ1) is 6.61. The van der Waals surface area contributed by atoms with Crippen molar-refractivity contribution in [1.29, 1.82) is 0 Å². The van der Waals surface area contributed by atoms with Crippen molar-refractivity contribution in [3.8, 4) is 0 Å². The highest BCUT2D eigenvalue weighted by Gasteiger charge is 2.47. The van der Waals surface area contributed by atoms with Gasteiger partial charge in [0.05, 0.1) is 19.8 Å². The molecule has 1 unspecified atom stereocenters. The summed E-state index contributed by atoms with van der Waals surface area (Å²) in [4.78, 5) is 11.2. The molecule has 0 aromatic carbocycles. The third-order valence-electron chi connectivity index (χ3n) is 2.54. The number of hydrogen-bond donors (Lipinski definition) is 2. The Labute approximate surface area is 83.7 Å². The zero-order valence-electron chi connectivity index (χ0n) is 8.49. The van der Waals surface area contributed by atoms with Gasteiger partial charge in [-0.25, -0.2) is 0 Å². The first kappa shape index (κ1) is 11.4. The van der Waals surface area contributed by atoms with E-state index < -0.39 is 11.4 Å². The summed E-state index contributed by atoms with van der Waals surface area (Å²) in [6.45, 7) is 1.13. The molecule has 1 aliphatic carbocycles. The second kappa shape index (κ2) is 4.72. The van der Waals surface area contributed by atoms with Crippen LogP contribution >= 0.6 is 0 Å². The van der Waals surface area contributed by atoms with E-state index in [0.29, 0.717) is 13.2 Å². The van der Waals surface area contributed by atoms with Crippen LogP contribution in [-0.4, -0.2) is 38.4 Å². The Balaban J connectivity index is 2.32. The summed E-state index contributed by atoms with van der Waals surface area (Å²) in [5.41, 5.74) is 10.2. The molecule has 0 radical (unpaired) electrons. The SMILES string of the molecule is COCCOCC(N)(C(N)=O)C1CC1. The monoisotopic (exact) mass is 202 g/mol. The lowest BCUT2D eigenvalue weighted by Gasteiger charge is -2.25. The zero-order valence-corrected chi connectivity index (χ0v) is 8.49. The van der Waals surface area contributed by atoms with Gasteiger partial charge in [-0.1, -0.05) is 0 Å². The number of ether oxygens (including phenoxy) is 2. The van der Waals surface area contributed by atoms with E-state index in [1.807, 2.05) is 0 Å². The van der Waals surface area contributed by atoms with E-state index in [1.54, 1.807) is 7.11 Å². The molecule has 4 N–H and O–H groups in total. The van der Waals surface area contributed by atoms with Crippen molar-refractivity contribution in [3.05, 3.63) is 0 Å². The van der Waals surface area contributed by atoms with Gasteiger partial charge in [-0.2, -0.15) is 0 Å². The highest BCUT2D eigenvalue weighted by Crippen LogP contribution is 2.38. The molecule has 0 saturated heterocycles. The molecule has 14 heavy (non-hydrogen) atoms. The van der Waals surface area contributed by atoms with Gasteiger partial charge in [0.25, 0.3) is 0 Å². The average molecular weight is 202 g/mol. The quantitative estimate of drug-likeness (QED) is 0.531. The third kappa shape index (κ3) is 2.67. The summed E-state index contributed by atoms with van der Waals surface area (Å²) in [7, 11) is 1.59. The van der Waals surface area contributed by atoms with Gasteiger partial charge in [0.15, 0.2) is 0 Å². The van der Waals surface area contributed by atoms with Crippen molar-refractivity contribution in [2.45, 2.75) is 18.4 Å². The van der Waals surface area contributed by atoms with Gasteiger partial charge in [-0.05, 0) is 18.8 Å². The second-order valence-corrected chi connectivity index (χ2v) is 3.72. The molecule has 5 nitrogen and oxygen atoms in total. The van der Waals surface area contributed by atoms with Crippen LogP contribution in [0.2, 0.25) is 0 Å². The molecule has 0 aliphatic heterocycles. The molecular weight excluding hydrogens is 184 g/mol. The standard InChI is InChI=1S/C9H18N2O3/c1-13-4-5-14-6-9(11,8(10)12)7-2-3-7/h7H,2-6,11H2,1H3,(H2,10,12). The fraction of sp³-hybridized carbons (Fsp3) is 0.889. The Morgan fingerprint density at radius 2 is 2.14 bits per heavy atom. The molecule has 1 atom stereocenters. The van der Waals surface area contributed by atoms with E-state index in [2.05, 4.69) is 0 Å². The van der Waals surface area contributed by atoms with Crippen LogP contribution in [0.1, 0.15) is 12.8 Å². The zero-order chi connectivity index (χ0) is 10.6. The summed E-state index contributed by atoms with van der Waals surface area (Å²) in [5.74, 6) is -0.278. The van der Waals surface area contributed by atoms with Crippen LogP contribution in [0.4, 0.5) is 0 Å². The normalized spacial score (nSPS) is 20.4. The maximum Gasteiger partial charge on any atom is 0.240 e. The van der Waals surface area contributed by atoms with Gasteiger partial charge in [0, 0.05) is 7.11 Å². The number of carbonyl (C=O) groups excluding carboxylic acids is 1. The molecule has 0 aromatic heterocycles. The minimum atomic E-state index is -0.978. The molecule has 1 amide bonds. The molecule has 0 aromatic rings. The van der Waals surface area contributed by atoms with Crippen LogP contribution in [-0.2, 0) is 14.3 Å². The van der Waals surface area contributed by atoms with Crippen LogP contribution in [0.15, 0.2) is 0 Å². The van der Waals surface area contributed by atoms with Gasteiger partial charge >= 0.3 is 0 Å². The van der Waals surface area contributed by atoms with Gasteiger partial charge < -0.3 is 20.9 Å². The molecule has 0 bridgehead atoms. The summed E-state index contributed by atoms with van der Waals surface area (Å²) in [5, 5.41) is 0. The Hall–Kier alpha value is -0.650. The lowest BCUT2D eigenvalue weighted by atomic mass is 9.95. The summed E-state index contributed by atoms with van der Waals surface area (Å²) in [6, 6.07) is 0. The van der Waals surface area contributed by atoms with Crippen molar-refractivity contribution < 1.29 is 14.3 Å². The molecule has 1 rings (SSSR count). The topological polar surface area (TPSA) is 87.6 Å². The van der Waals surface area contributed by atoms with Gasteiger partial charge in [-0.3, -0.25) is 4.79 Å². The third-order valence-corrected chi connectivity index (χ3v) is 2.54. The number of hydrogen-bond acceptors (Lipinski definition) is 4. The van der Waals surface area contributed by atoms with Crippen molar-refractivity contribution in [3.63, 3.8) is 0 Å². The van der Waals surface area contributed by atoms with E-state index in [4.69, 9.17) is 20.9 Å². The van der Waals surface area contributed by atoms with Crippen LogP contribution in [0, 0.1) is 5.92 Å². The number of rotatable bonds is 7. The molecule has 1 fully saturated rings. The number of methoxy groups -OCH3 is 1. The number of nitrogens with two attached hydrogens (primary N) is 2. The van der Waals surface area contributed by atoms with Gasteiger partial charge in [-0.15, -0.1) is 0 Å². The lowest BCUT2D eigenvalue weighted by Crippen LogP contribution is -2.57. The molecule has 5 heteroatoms. The summed E-state index contributed by atoms with van der Waals surface area (Å²) < 4.78 is 10.1. The van der Waals surface area contributed by atoms with E-state index in [9.17, 15) is 4.79 Å². The average Bonchev–Trinajstić information content (AvgIpc) is 2.95. The largest absolute Gasteiger partial charge is 0.382 e. The maximum atomic E-state index is 11.2. The van der Waals surface area contributed by atoms with Crippen LogP contribution in [0.25, 0.3) is 0 Å². The fourth-order valence-corrected chi connectivity index (χ4v) is 1.37. The number of primary amides is 1. The van der Waals surface area contributed by atoms with E-state index in [0.717, 1.165) is 12.8 Å². The highest BCUT2D eigenvalue weighted by atomic mass is 16.5. The van der Waals surface area contributed by atoms with Gasteiger partial charge in [0.2, 0.25) is 5.91 Å². The predicted molar refractivity (Wildman–Crippen MR) is 51.5 cm³/mol.